The van der Waals surface area contributed by atoms with Crippen LogP contribution in [0, 0.1) is 13.8 Å². The summed E-state index contributed by atoms with van der Waals surface area (Å²) in [5.74, 6) is 0.635. The number of nitrogens with one attached hydrogen (secondary N) is 1. The molecule has 0 bridgehead atoms. The molecule has 0 unspecified atom stereocenters. The molecule has 1 heterocycles. The van der Waals surface area contributed by atoms with Gasteiger partial charge in [0.25, 0.3) is 0 Å². The van der Waals surface area contributed by atoms with Crippen LogP contribution in [0.4, 0.5) is 5.95 Å². The quantitative estimate of drug-likeness (QED) is 0.782. The van der Waals surface area contributed by atoms with E-state index in [2.05, 4.69) is 15.3 Å². The van der Waals surface area contributed by atoms with Crippen LogP contribution in [0.1, 0.15) is 23.1 Å². The first kappa shape index (κ1) is 13.3. The smallest absolute Gasteiger partial charge is 0.223 e. The standard InChI is InChI=1S/C14H17N3O2/c1-9-6-10(2)17-14(16-9)15-8-13(19)11-4-3-5-12(18)7-11/h3-7,13,18-19H,8H2,1-2H3,(H,15,16,17)/t13-/m1/s1. The van der Waals surface area contributed by atoms with E-state index in [-0.39, 0.29) is 12.3 Å². The van der Waals surface area contributed by atoms with Crippen LogP contribution in [0.5, 0.6) is 5.75 Å². The number of aliphatic hydroxyl groups excluding tert-OH is 1. The monoisotopic (exact) mass is 259 g/mol. The maximum Gasteiger partial charge on any atom is 0.223 e. The van der Waals surface area contributed by atoms with Gasteiger partial charge in [0, 0.05) is 17.9 Å². The van der Waals surface area contributed by atoms with Crippen LogP contribution >= 0.6 is 0 Å². The summed E-state index contributed by atoms with van der Waals surface area (Å²) in [6.07, 6.45) is -0.725. The number of aliphatic hydroxyl groups is 1. The van der Waals surface area contributed by atoms with Gasteiger partial charge in [0.1, 0.15) is 5.75 Å². The number of benzene rings is 1. The van der Waals surface area contributed by atoms with Gasteiger partial charge in [-0.3, -0.25) is 0 Å². The molecule has 0 aliphatic carbocycles. The molecule has 1 atom stereocenters. The summed E-state index contributed by atoms with van der Waals surface area (Å²) >= 11 is 0. The van der Waals surface area contributed by atoms with E-state index in [0.29, 0.717) is 11.5 Å². The minimum atomic E-state index is -0.725. The number of rotatable bonds is 4. The Bertz CT molecular complexity index is 552. The Morgan fingerprint density at radius 3 is 2.47 bits per heavy atom. The average Bonchev–Trinajstić information content (AvgIpc) is 2.35. The summed E-state index contributed by atoms with van der Waals surface area (Å²) in [7, 11) is 0. The fraction of sp³-hybridized carbons (Fsp3) is 0.286. The van der Waals surface area contributed by atoms with Crippen LogP contribution in [0.15, 0.2) is 30.3 Å². The van der Waals surface area contributed by atoms with Crippen molar-refractivity contribution in [3.8, 4) is 5.75 Å². The normalized spacial score (nSPS) is 12.2. The third-order valence-corrected chi connectivity index (χ3v) is 2.69. The van der Waals surface area contributed by atoms with Crippen molar-refractivity contribution < 1.29 is 10.2 Å². The topological polar surface area (TPSA) is 78.3 Å². The third-order valence-electron chi connectivity index (χ3n) is 2.69. The number of phenols is 1. The first-order valence-corrected chi connectivity index (χ1v) is 6.08. The summed E-state index contributed by atoms with van der Waals surface area (Å²) < 4.78 is 0. The maximum atomic E-state index is 10.0. The number of hydrogen-bond acceptors (Lipinski definition) is 5. The van der Waals surface area contributed by atoms with Gasteiger partial charge in [0.05, 0.1) is 6.10 Å². The highest BCUT2D eigenvalue weighted by Crippen LogP contribution is 2.18. The van der Waals surface area contributed by atoms with Crippen molar-refractivity contribution in [3.05, 3.63) is 47.3 Å². The Morgan fingerprint density at radius 1 is 1.16 bits per heavy atom. The number of hydrogen-bond donors (Lipinski definition) is 3. The van der Waals surface area contributed by atoms with Gasteiger partial charge < -0.3 is 15.5 Å². The minimum absolute atomic E-state index is 0.138. The Hall–Kier alpha value is -2.14. The van der Waals surface area contributed by atoms with Crippen molar-refractivity contribution in [2.24, 2.45) is 0 Å². The van der Waals surface area contributed by atoms with Crippen molar-refractivity contribution in [3.63, 3.8) is 0 Å². The summed E-state index contributed by atoms with van der Waals surface area (Å²) in [4.78, 5) is 8.47. The van der Waals surface area contributed by atoms with Crippen molar-refractivity contribution in [1.82, 2.24) is 9.97 Å². The lowest BCUT2D eigenvalue weighted by Gasteiger charge is -2.13. The molecule has 2 rings (SSSR count). The fourth-order valence-corrected chi connectivity index (χ4v) is 1.84. The van der Waals surface area contributed by atoms with E-state index >= 15 is 0 Å². The second-order valence-electron chi connectivity index (χ2n) is 4.47. The molecule has 5 nitrogen and oxygen atoms in total. The Labute approximate surface area is 112 Å². The lowest BCUT2D eigenvalue weighted by Crippen LogP contribution is -2.14. The molecule has 0 saturated carbocycles. The zero-order valence-electron chi connectivity index (χ0n) is 11.0. The zero-order valence-corrected chi connectivity index (χ0v) is 11.0. The molecule has 0 saturated heterocycles. The van der Waals surface area contributed by atoms with Gasteiger partial charge in [-0.15, -0.1) is 0 Å². The van der Waals surface area contributed by atoms with E-state index < -0.39 is 6.10 Å². The summed E-state index contributed by atoms with van der Waals surface area (Å²) in [6, 6.07) is 8.44. The number of aromatic nitrogens is 2. The molecular weight excluding hydrogens is 242 g/mol. The molecule has 0 aliphatic heterocycles. The molecule has 100 valence electrons. The van der Waals surface area contributed by atoms with Crippen molar-refractivity contribution in [2.45, 2.75) is 20.0 Å². The largest absolute Gasteiger partial charge is 0.508 e. The number of phenolic OH excluding ortho intramolecular Hbond substituents is 1. The van der Waals surface area contributed by atoms with E-state index in [4.69, 9.17) is 0 Å². The van der Waals surface area contributed by atoms with Crippen LogP contribution in [-0.4, -0.2) is 26.7 Å². The van der Waals surface area contributed by atoms with Crippen molar-refractivity contribution in [1.29, 1.82) is 0 Å². The van der Waals surface area contributed by atoms with E-state index in [1.807, 2.05) is 19.9 Å². The predicted molar refractivity (Wildman–Crippen MR) is 73.1 cm³/mol. The molecule has 0 aliphatic rings. The zero-order chi connectivity index (χ0) is 13.8. The molecule has 0 spiro atoms. The highest BCUT2D eigenvalue weighted by atomic mass is 16.3. The van der Waals surface area contributed by atoms with Gasteiger partial charge in [-0.25, -0.2) is 9.97 Å². The molecule has 0 fully saturated rings. The predicted octanol–water partition coefficient (Wildman–Crippen LogP) is 1.94. The highest BCUT2D eigenvalue weighted by Gasteiger charge is 2.09. The van der Waals surface area contributed by atoms with Gasteiger partial charge in [-0.2, -0.15) is 0 Å². The maximum absolute atomic E-state index is 10.0. The second-order valence-corrected chi connectivity index (χ2v) is 4.47. The Kier molecular flexibility index (Phi) is 3.97. The number of nitrogens with zero attached hydrogens (tertiary/aromatic N) is 2. The summed E-state index contributed by atoms with van der Waals surface area (Å²) in [5.41, 5.74) is 2.40. The average molecular weight is 259 g/mol. The minimum Gasteiger partial charge on any atom is -0.508 e. The molecule has 3 N–H and O–H groups in total. The SMILES string of the molecule is Cc1cc(C)nc(NC[C@@H](O)c2cccc(O)c2)n1. The molecule has 19 heavy (non-hydrogen) atoms. The van der Waals surface area contributed by atoms with Gasteiger partial charge in [-0.05, 0) is 37.6 Å². The molecule has 0 amide bonds. The number of anilines is 1. The van der Waals surface area contributed by atoms with Crippen LogP contribution in [0.25, 0.3) is 0 Å². The van der Waals surface area contributed by atoms with Gasteiger partial charge >= 0.3 is 0 Å². The second kappa shape index (κ2) is 5.67. The highest BCUT2D eigenvalue weighted by molar-refractivity contribution is 5.31. The first-order valence-electron chi connectivity index (χ1n) is 6.08. The lowest BCUT2D eigenvalue weighted by molar-refractivity contribution is 0.191. The van der Waals surface area contributed by atoms with E-state index in [1.165, 1.54) is 6.07 Å². The third kappa shape index (κ3) is 3.66. The van der Waals surface area contributed by atoms with Gasteiger partial charge in [-0.1, -0.05) is 12.1 Å². The number of aryl methyl sites for hydroxylation is 2. The molecule has 1 aromatic heterocycles. The molecule has 5 heteroatoms. The lowest BCUT2D eigenvalue weighted by atomic mass is 10.1. The van der Waals surface area contributed by atoms with E-state index in [9.17, 15) is 10.2 Å². The summed E-state index contributed by atoms with van der Waals surface area (Å²) in [6.45, 7) is 4.07. The van der Waals surface area contributed by atoms with E-state index in [0.717, 1.165) is 11.4 Å². The van der Waals surface area contributed by atoms with E-state index in [1.54, 1.807) is 18.2 Å². The Morgan fingerprint density at radius 2 is 1.84 bits per heavy atom. The summed E-state index contributed by atoms with van der Waals surface area (Å²) in [5, 5.41) is 22.4. The van der Waals surface area contributed by atoms with Crippen molar-refractivity contribution in [2.75, 3.05) is 11.9 Å². The van der Waals surface area contributed by atoms with Crippen LogP contribution < -0.4 is 5.32 Å². The molecule has 0 radical (unpaired) electrons. The van der Waals surface area contributed by atoms with Crippen LogP contribution in [0.2, 0.25) is 0 Å². The van der Waals surface area contributed by atoms with Crippen LogP contribution in [-0.2, 0) is 0 Å². The Balaban J connectivity index is 2.02. The van der Waals surface area contributed by atoms with Crippen molar-refractivity contribution >= 4 is 5.95 Å². The molecular formula is C14H17N3O2. The molecule has 1 aromatic carbocycles. The fourth-order valence-electron chi connectivity index (χ4n) is 1.84. The van der Waals surface area contributed by atoms with Crippen LogP contribution in [0.3, 0.4) is 0 Å². The molecule has 2 aromatic rings. The number of aromatic hydroxyl groups is 1. The van der Waals surface area contributed by atoms with Gasteiger partial charge in [0.2, 0.25) is 5.95 Å². The first-order chi connectivity index (χ1) is 9.04. The van der Waals surface area contributed by atoms with Gasteiger partial charge in [0.15, 0.2) is 0 Å².